The van der Waals surface area contributed by atoms with Gasteiger partial charge in [0, 0.05) is 18.6 Å². The number of nitrogens with zero attached hydrogens (tertiary/aromatic N) is 2. The third-order valence-electron chi connectivity index (χ3n) is 3.42. The zero-order valence-corrected chi connectivity index (χ0v) is 10.8. The van der Waals surface area contributed by atoms with Crippen LogP contribution in [-0.4, -0.2) is 66.8 Å². The second-order valence-corrected chi connectivity index (χ2v) is 5.41. The van der Waals surface area contributed by atoms with Gasteiger partial charge in [-0.3, -0.25) is 0 Å². The number of likely N-dealkylation sites (N-methyl/N-ethyl adjacent to an activating group) is 1. The zero-order valence-electron chi connectivity index (χ0n) is 10.8. The van der Waals surface area contributed by atoms with Crippen molar-refractivity contribution >= 4 is 0 Å². The molecule has 0 aromatic rings. The first-order chi connectivity index (χ1) is 7.53. The van der Waals surface area contributed by atoms with Crippen LogP contribution in [0.2, 0.25) is 0 Å². The van der Waals surface area contributed by atoms with Gasteiger partial charge in [-0.15, -0.1) is 0 Å². The number of hydrogen-bond acceptors (Lipinski definition) is 4. The van der Waals surface area contributed by atoms with Crippen molar-refractivity contribution < 1.29 is 5.11 Å². The van der Waals surface area contributed by atoms with E-state index < -0.39 is 5.54 Å². The van der Waals surface area contributed by atoms with Crippen molar-refractivity contribution in [2.75, 3.05) is 46.4 Å². The highest BCUT2D eigenvalue weighted by atomic mass is 16.3. The van der Waals surface area contributed by atoms with Crippen LogP contribution in [0.4, 0.5) is 0 Å². The Morgan fingerprint density at radius 1 is 1.31 bits per heavy atom. The lowest BCUT2D eigenvalue weighted by Gasteiger charge is -2.26. The second kappa shape index (κ2) is 6.55. The maximum absolute atomic E-state index is 9.06. The number of aliphatic hydroxyl groups excluding tert-OH is 1. The molecule has 1 rings (SSSR count). The molecule has 1 fully saturated rings. The lowest BCUT2D eigenvalue weighted by Crippen LogP contribution is -2.43. The quantitative estimate of drug-likeness (QED) is 0.651. The summed E-state index contributed by atoms with van der Waals surface area (Å²) in [4.78, 5) is 4.82. The van der Waals surface area contributed by atoms with Crippen LogP contribution in [0.5, 0.6) is 0 Å². The lowest BCUT2D eigenvalue weighted by atomic mass is 10.0. The van der Waals surface area contributed by atoms with Crippen LogP contribution in [0.1, 0.15) is 26.2 Å². The summed E-state index contributed by atoms with van der Waals surface area (Å²) in [5.41, 5.74) is 5.47. The topological polar surface area (TPSA) is 52.7 Å². The van der Waals surface area contributed by atoms with Gasteiger partial charge >= 0.3 is 0 Å². The smallest absolute Gasteiger partial charge is 0.0608 e. The third-order valence-corrected chi connectivity index (χ3v) is 3.42. The average molecular weight is 229 g/mol. The predicted octanol–water partition coefficient (Wildman–Crippen LogP) is 0.114. The number of hydrogen-bond donors (Lipinski definition) is 2. The van der Waals surface area contributed by atoms with Gasteiger partial charge in [0.05, 0.1) is 6.61 Å². The van der Waals surface area contributed by atoms with E-state index in [2.05, 4.69) is 16.8 Å². The Morgan fingerprint density at radius 3 is 2.50 bits per heavy atom. The summed E-state index contributed by atoms with van der Waals surface area (Å²) >= 11 is 0. The van der Waals surface area contributed by atoms with Crippen molar-refractivity contribution in [1.29, 1.82) is 0 Å². The van der Waals surface area contributed by atoms with E-state index in [9.17, 15) is 0 Å². The van der Waals surface area contributed by atoms with Crippen molar-refractivity contribution in [1.82, 2.24) is 9.80 Å². The first-order valence-corrected chi connectivity index (χ1v) is 6.34. The van der Waals surface area contributed by atoms with Gasteiger partial charge in [-0.1, -0.05) is 0 Å². The molecule has 0 aromatic heterocycles. The van der Waals surface area contributed by atoms with E-state index in [4.69, 9.17) is 10.8 Å². The van der Waals surface area contributed by atoms with Crippen LogP contribution in [0.3, 0.4) is 0 Å². The Kier molecular flexibility index (Phi) is 5.69. The molecular weight excluding hydrogens is 202 g/mol. The Hall–Kier alpha value is -0.160. The predicted molar refractivity (Wildman–Crippen MR) is 67.5 cm³/mol. The molecular formula is C12H27N3O. The SMILES string of the molecule is CN(CCN1CCCC1)CCC(C)(N)CO. The van der Waals surface area contributed by atoms with Gasteiger partial charge in [0.2, 0.25) is 0 Å². The fourth-order valence-electron chi connectivity index (χ4n) is 1.96. The average Bonchev–Trinajstić information content (AvgIpc) is 2.76. The summed E-state index contributed by atoms with van der Waals surface area (Å²) in [6, 6.07) is 0. The van der Waals surface area contributed by atoms with E-state index in [1.807, 2.05) is 6.92 Å². The largest absolute Gasteiger partial charge is 0.394 e. The molecule has 0 radical (unpaired) electrons. The Bertz CT molecular complexity index is 191. The van der Waals surface area contributed by atoms with Crippen LogP contribution in [0, 0.1) is 0 Å². The summed E-state index contributed by atoms with van der Waals surface area (Å²) < 4.78 is 0. The van der Waals surface area contributed by atoms with Crippen LogP contribution >= 0.6 is 0 Å². The molecule has 1 aliphatic heterocycles. The minimum atomic E-state index is -0.429. The van der Waals surface area contributed by atoms with Crippen LogP contribution in [0.15, 0.2) is 0 Å². The van der Waals surface area contributed by atoms with Crippen molar-refractivity contribution in [3.8, 4) is 0 Å². The second-order valence-electron chi connectivity index (χ2n) is 5.41. The summed E-state index contributed by atoms with van der Waals surface area (Å²) in [5, 5.41) is 9.06. The van der Waals surface area contributed by atoms with Crippen molar-refractivity contribution in [3.05, 3.63) is 0 Å². The highest BCUT2D eigenvalue weighted by molar-refractivity contribution is 4.78. The standard InChI is InChI=1S/C12H27N3O/c1-12(13,11-16)5-8-14(2)9-10-15-6-3-4-7-15/h16H,3-11,13H2,1-2H3. The molecule has 0 saturated carbocycles. The molecule has 1 aliphatic rings. The van der Waals surface area contributed by atoms with E-state index in [0.717, 1.165) is 26.1 Å². The molecule has 1 unspecified atom stereocenters. The van der Waals surface area contributed by atoms with Gasteiger partial charge in [-0.2, -0.15) is 0 Å². The molecule has 4 nitrogen and oxygen atoms in total. The monoisotopic (exact) mass is 229 g/mol. The molecule has 4 heteroatoms. The van der Waals surface area contributed by atoms with Gasteiger partial charge in [0.15, 0.2) is 0 Å². The van der Waals surface area contributed by atoms with Gasteiger partial charge < -0.3 is 20.6 Å². The maximum Gasteiger partial charge on any atom is 0.0608 e. The summed E-state index contributed by atoms with van der Waals surface area (Å²) in [5.74, 6) is 0. The molecule has 0 aromatic carbocycles. The number of nitrogens with two attached hydrogens (primary N) is 1. The fourth-order valence-corrected chi connectivity index (χ4v) is 1.96. The fraction of sp³-hybridized carbons (Fsp3) is 1.00. The highest BCUT2D eigenvalue weighted by Crippen LogP contribution is 2.08. The van der Waals surface area contributed by atoms with E-state index in [1.54, 1.807) is 0 Å². The van der Waals surface area contributed by atoms with E-state index in [-0.39, 0.29) is 6.61 Å². The van der Waals surface area contributed by atoms with E-state index in [1.165, 1.54) is 25.9 Å². The van der Waals surface area contributed by atoms with E-state index >= 15 is 0 Å². The highest BCUT2D eigenvalue weighted by Gasteiger charge is 2.18. The molecule has 1 saturated heterocycles. The number of likely N-dealkylation sites (tertiary alicyclic amines) is 1. The van der Waals surface area contributed by atoms with Crippen molar-refractivity contribution in [2.45, 2.75) is 31.7 Å². The van der Waals surface area contributed by atoms with Gasteiger partial charge in [-0.25, -0.2) is 0 Å². The molecule has 3 N–H and O–H groups in total. The Morgan fingerprint density at radius 2 is 1.94 bits per heavy atom. The van der Waals surface area contributed by atoms with Crippen molar-refractivity contribution in [3.63, 3.8) is 0 Å². The molecule has 0 spiro atoms. The minimum absolute atomic E-state index is 0.0625. The molecule has 1 atom stereocenters. The van der Waals surface area contributed by atoms with Crippen molar-refractivity contribution in [2.24, 2.45) is 5.73 Å². The molecule has 0 aliphatic carbocycles. The normalized spacial score (nSPS) is 21.6. The van der Waals surface area contributed by atoms with Gasteiger partial charge in [0.25, 0.3) is 0 Å². The first-order valence-electron chi connectivity index (χ1n) is 6.34. The minimum Gasteiger partial charge on any atom is -0.394 e. The molecule has 96 valence electrons. The zero-order chi connectivity index (χ0) is 12.0. The number of rotatable bonds is 7. The molecule has 0 bridgehead atoms. The van der Waals surface area contributed by atoms with Crippen LogP contribution < -0.4 is 5.73 Å². The Balaban J connectivity index is 2.08. The molecule has 1 heterocycles. The lowest BCUT2D eigenvalue weighted by molar-refractivity contribution is 0.178. The summed E-state index contributed by atoms with van der Waals surface area (Å²) in [6.07, 6.45) is 3.56. The molecule has 0 amide bonds. The first kappa shape index (κ1) is 13.9. The number of aliphatic hydroxyl groups is 1. The summed E-state index contributed by atoms with van der Waals surface area (Å²) in [6.45, 7) is 7.71. The molecule has 16 heavy (non-hydrogen) atoms. The van der Waals surface area contributed by atoms with Crippen LogP contribution in [0.25, 0.3) is 0 Å². The Labute approximate surface area is 99.4 Å². The van der Waals surface area contributed by atoms with Crippen LogP contribution in [-0.2, 0) is 0 Å². The maximum atomic E-state index is 9.06. The van der Waals surface area contributed by atoms with E-state index in [0.29, 0.717) is 0 Å². The van der Waals surface area contributed by atoms with Gasteiger partial charge in [0.1, 0.15) is 0 Å². The van der Waals surface area contributed by atoms with Gasteiger partial charge in [-0.05, 0) is 52.9 Å². The third kappa shape index (κ3) is 5.25. The summed E-state index contributed by atoms with van der Waals surface area (Å²) in [7, 11) is 2.13.